The van der Waals surface area contributed by atoms with E-state index in [0.717, 1.165) is 36.5 Å². The van der Waals surface area contributed by atoms with Gasteiger partial charge in [0.25, 0.3) is 0 Å². The van der Waals surface area contributed by atoms with Crippen molar-refractivity contribution in [3.8, 4) is 0 Å². The largest absolute Gasteiger partial charge is 0.490 e. The zero-order valence-electron chi connectivity index (χ0n) is 16.2. The van der Waals surface area contributed by atoms with Gasteiger partial charge in [-0.1, -0.05) is 5.16 Å². The van der Waals surface area contributed by atoms with Gasteiger partial charge in [-0.05, 0) is 26.2 Å². The number of amides is 1. The smallest absolute Gasteiger partial charge is 0.475 e. The van der Waals surface area contributed by atoms with Crippen molar-refractivity contribution in [2.45, 2.75) is 57.5 Å². The van der Waals surface area contributed by atoms with Crippen LogP contribution >= 0.6 is 0 Å². The zero-order valence-corrected chi connectivity index (χ0v) is 16.2. The second-order valence-electron chi connectivity index (χ2n) is 7.35. The predicted octanol–water partition coefficient (Wildman–Crippen LogP) is 2.04. The van der Waals surface area contributed by atoms with Crippen LogP contribution in [0.15, 0.2) is 23.1 Å². The molecule has 164 valence electrons. The van der Waals surface area contributed by atoms with Crippen molar-refractivity contribution in [1.82, 2.24) is 24.9 Å². The van der Waals surface area contributed by atoms with E-state index in [1.807, 2.05) is 23.8 Å². The van der Waals surface area contributed by atoms with E-state index in [1.54, 1.807) is 6.33 Å². The molecule has 2 aliphatic rings. The molecule has 0 saturated heterocycles. The number of nitrogens with one attached hydrogen (secondary N) is 1. The maximum atomic E-state index is 12.6. The number of halogens is 3. The third kappa shape index (κ3) is 5.38. The van der Waals surface area contributed by atoms with Gasteiger partial charge in [-0.3, -0.25) is 9.69 Å². The van der Waals surface area contributed by atoms with Crippen molar-refractivity contribution >= 4 is 11.9 Å². The molecule has 2 aromatic heterocycles. The molecular formula is C18H22F3N5O4. The number of carboxylic acid groups (broad SMARTS) is 1. The van der Waals surface area contributed by atoms with Crippen molar-refractivity contribution in [3.05, 3.63) is 35.7 Å². The second-order valence-corrected chi connectivity index (χ2v) is 7.35. The van der Waals surface area contributed by atoms with E-state index in [1.165, 1.54) is 6.42 Å². The van der Waals surface area contributed by atoms with Gasteiger partial charge >= 0.3 is 12.1 Å². The maximum Gasteiger partial charge on any atom is 0.490 e. The lowest BCUT2D eigenvalue weighted by Gasteiger charge is -2.35. The van der Waals surface area contributed by atoms with Gasteiger partial charge in [0, 0.05) is 37.9 Å². The van der Waals surface area contributed by atoms with Crippen molar-refractivity contribution in [2.75, 3.05) is 6.54 Å². The number of aliphatic carboxylic acids is 1. The average molecular weight is 429 g/mol. The first-order valence-corrected chi connectivity index (χ1v) is 9.39. The molecule has 4 rings (SSSR count). The third-order valence-electron chi connectivity index (χ3n) is 4.96. The van der Waals surface area contributed by atoms with Gasteiger partial charge in [-0.25, -0.2) is 9.78 Å². The standard InChI is InChI=1S/C16H21N5O2.C2HF3O2/c1-11-5-13(19-23-11)7-20-8-14-6-17-10-21(14)15(9-20)16(22)18-12-3-2-4-12;3-2(4,5)1(6)7/h5-6,10,12,15H,2-4,7-9H2,1H3,(H,18,22);(H,6,7). The van der Waals surface area contributed by atoms with Gasteiger partial charge in [0.1, 0.15) is 11.8 Å². The minimum absolute atomic E-state index is 0.0926. The Morgan fingerprint density at radius 2 is 2.07 bits per heavy atom. The normalized spacial score (nSPS) is 19.3. The summed E-state index contributed by atoms with van der Waals surface area (Å²) in [6.45, 7) is 3.99. The molecule has 1 unspecified atom stereocenters. The number of aromatic nitrogens is 3. The minimum Gasteiger partial charge on any atom is -0.475 e. The topological polar surface area (TPSA) is 113 Å². The summed E-state index contributed by atoms with van der Waals surface area (Å²) >= 11 is 0. The molecule has 12 heteroatoms. The van der Waals surface area contributed by atoms with Crippen molar-refractivity contribution in [3.63, 3.8) is 0 Å². The first-order chi connectivity index (χ1) is 14.1. The van der Waals surface area contributed by atoms with Crippen LogP contribution in [0.5, 0.6) is 0 Å². The highest BCUT2D eigenvalue weighted by Crippen LogP contribution is 2.24. The van der Waals surface area contributed by atoms with Crippen LogP contribution in [-0.4, -0.2) is 55.4 Å². The van der Waals surface area contributed by atoms with E-state index in [-0.39, 0.29) is 11.9 Å². The Morgan fingerprint density at radius 1 is 1.37 bits per heavy atom. The molecule has 1 aliphatic heterocycles. The van der Waals surface area contributed by atoms with Crippen LogP contribution in [0.2, 0.25) is 0 Å². The first-order valence-electron chi connectivity index (χ1n) is 9.39. The Labute approximate surface area is 169 Å². The number of aryl methyl sites for hydroxylation is 1. The van der Waals surface area contributed by atoms with Gasteiger partial charge in [-0.15, -0.1) is 0 Å². The number of alkyl halides is 3. The van der Waals surface area contributed by atoms with Gasteiger partial charge in [0.05, 0.1) is 17.7 Å². The highest BCUT2D eigenvalue weighted by atomic mass is 19.4. The predicted molar refractivity (Wildman–Crippen MR) is 96.1 cm³/mol. The van der Waals surface area contributed by atoms with E-state index in [4.69, 9.17) is 14.4 Å². The fourth-order valence-electron chi connectivity index (χ4n) is 3.26. The number of fused-ring (bicyclic) bond motifs is 1. The molecule has 1 aliphatic carbocycles. The van der Waals surface area contributed by atoms with Crippen LogP contribution in [0, 0.1) is 6.92 Å². The summed E-state index contributed by atoms with van der Waals surface area (Å²) in [4.78, 5) is 28.0. The molecular weight excluding hydrogens is 407 g/mol. The SMILES string of the molecule is Cc1cc(CN2Cc3cncn3C(C(=O)NC3CCC3)C2)no1.O=C(O)C(F)(F)F. The molecule has 2 N–H and O–H groups in total. The Kier molecular flexibility index (Phi) is 6.44. The summed E-state index contributed by atoms with van der Waals surface area (Å²) < 4.78 is 38.9. The molecule has 0 spiro atoms. The summed E-state index contributed by atoms with van der Waals surface area (Å²) in [6, 6.07) is 2.06. The highest BCUT2D eigenvalue weighted by molar-refractivity contribution is 5.81. The van der Waals surface area contributed by atoms with Crippen LogP contribution in [0.25, 0.3) is 0 Å². The lowest BCUT2D eigenvalue weighted by atomic mass is 9.93. The number of imidazole rings is 1. The molecule has 1 saturated carbocycles. The maximum absolute atomic E-state index is 12.6. The molecule has 0 radical (unpaired) electrons. The lowest BCUT2D eigenvalue weighted by molar-refractivity contribution is -0.192. The monoisotopic (exact) mass is 429 g/mol. The van der Waals surface area contributed by atoms with Crippen LogP contribution in [0.3, 0.4) is 0 Å². The second kappa shape index (κ2) is 8.86. The zero-order chi connectivity index (χ0) is 21.9. The van der Waals surface area contributed by atoms with E-state index in [2.05, 4.69) is 20.4 Å². The first kappa shape index (κ1) is 21.8. The number of hydrogen-bond donors (Lipinski definition) is 2. The highest BCUT2D eigenvalue weighted by Gasteiger charge is 2.38. The van der Waals surface area contributed by atoms with Crippen LogP contribution in [0.1, 0.15) is 42.5 Å². The molecule has 1 atom stereocenters. The number of carbonyl (C=O) groups is 2. The molecule has 0 bridgehead atoms. The number of hydrogen-bond acceptors (Lipinski definition) is 6. The van der Waals surface area contributed by atoms with Crippen LogP contribution in [-0.2, 0) is 22.7 Å². The van der Waals surface area contributed by atoms with Crippen molar-refractivity contribution in [2.24, 2.45) is 0 Å². The molecule has 1 fully saturated rings. The van der Waals surface area contributed by atoms with Crippen molar-refractivity contribution in [1.29, 1.82) is 0 Å². The Morgan fingerprint density at radius 3 is 2.60 bits per heavy atom. The van der Waals surface area contributed by atoms with E-state index in [0.29, 0.717) is 19.1 Å². The summed E-state index contributed by atoms with van der Waals surface area (Å²) in [7, 11) is 0. The van der Waals surface area contributed by atoms with E-state index in [9.17, 15) is 18.0 Å². The molecule has 0 aromatic carbocycles. The fourth-order valence-corrected chi connectivity index (χ4v) is 3.26. The summed E-state index contributed by atoms with van der Waals surface area (Å²) in [5.74, 6) is -1.86. The molecule has 1 amide bonds. The minimum atomic E-state index is -5.08. The van der Waals surface area contributed by atoms with E-state index >= 15 is 0 Å². The number of carboxylic acids is 1. The van der Waals surface area contributed by atoms with Crippen molar-refractivity contribution < 1.29 is 32.4 Å². The van der Waals surface area contributed by atoms with Crippen LogP contribution < -0.4 is 5.32 Å². The van der Waals surface area contributed by atoms with Gasteiger partial charge in [-0.2, -0.15) is 13.2 Å². The molecule has 9 nitrogen and oxygen atoms in total. The number of rotatable bonds is 4. The Hall–Kier alpha value is -2.89. The Balaban J connectivity index is 0.000000318. The molecule has 30 heavy (non-hydrogen) atoms. The lowest BCUT2D eigenvalue weighted by Crippen LogP contribution is -2.48. The average Bonchev–Trinajstić information content (AvgIpc) is 3.25. The third-order valence-corrected chi connectivity index (χ3v) is 4.96. The summed E-state index contributed by atoms with van der Waals surface area (Å²) in [6.07, 6.45) is 1.92. The Bertz CT molecular complexity index is 891. The molecule has 2 aromatic rings. The number of nitrogens with zero attached hydrogens (tertiary/aromatic N) is 4. The van der Waals surface area contributed by atoms with E-state index < -0.39 is 12.1 Å². The quantitative estimate of drug-likeness (QED) is 0.765. The molecule has 3 heterocycles. The van der Waals surface area contributed by atoms with Gasteiger partial charge in [0.2, 0.25) is 5.91 Å². The van der Waals surface area contributed by atoms with Crippen LogP contribution in [0.4, 0.5) is 13.2 Å². The van der Waals surface area contributed by atoms with Gasteiger partial charge in [0.15, 0.2) is 0 Å². The summed E-state index contributed by atoms with van der Waals surface area (Å²) in [5, 5.41) is 14.3. The number of carbonyl (C=O) groups excluding carboxylic acids is 1. The van der Waals surface area contributed by atoms with Gasteiger partial charge < -0.3 is 19.5 Å². The fraction of sp³-hybridized carbons (Fsp3) is 0.556. The summed E-state index contributed by atoms with van der Waals surface area (Å²) in [5.41, 5.74) is 1.96.